The molecule has 5 nitrogen and oxygen atoms in total. The predicted molar refractivity (Wildman–Crippen MR) is 104 cm³/mol. The fourth-order valence-electron chi connectivity index (χ4n) is 2.74. The summed E-state index contributed by atoms with van der Waals surface area (Å²) < 4.78 is 0. The summed E-state index contributed by atoms with van der Waals surface area (Å²) in [5.74, 6) is 0.250. The molecule has 3 aromatic rings. The number of amides is 1. The second-order valence-corrected chi connectivity index (χ2v) is 6.84. The number of nitrogens with two attached hydrogens (primary N) is 1. The van der Waals surface area contributed by atoms with Crippen molar-refractivity contribution in [2.24, 2.45) is 5.73 Å². The number of hydrogen-bond acceptors (Lipinski definition) is 4. The Morgan fingerprint density at radius 1 is 0.962 bits per heavy atom. The zero-order valence-electron chi connectivity index (χ0n) is 15.2. The second kappa shape index (κ2) is 7.06. The van der Waals surface area contributed by atoms with Crippen LogP contribution in [0.5, 0.6) is 0 Å². The molecule has 3 N–H and O–H groups in total. The Morgan fingerprint density at radius 3 is 2.19 bits per heavy atom. The molecular weight excluding hydrogens is 324 g/mol. The number of benzene rings is 2. The molecule has 26 heavy (non-hydrogen) atoms. The van der Waals surface area contributed by atoms with Crippen molar-refractivity contribution in [1.29, 1.82) is 0 Å². The van der Waals surface area contributed by atoms with Crippen LogP contribution < -0.4 is 11.1 Å². The number of rotatable bonds is 4. The van der Waals surface area contributed by atoms with Crippen molar-refractivity contribution >= 4 is 11.7 Å². The van der Waals surface area contributed by atoms with Crippen LogP contribution in [0, 0.1) is 0 Å². The Labute approximate surface area is 153 Å². The van der Waals surface area contributed by atoms with Crippen molar-refractivity contribution in [3.8, 4) is 22.4 Å². The molecule has 1 amide bonds. The molecule has 3 rings (SSSR count). The first kappa shape index (κ1) is 17.8. The zero-order valence-corrected chi connectivity index (χ0v) is 15.2. The van der Waals surface area contributed by atoms with Gasteiger partial charge in [-0.15, -0.1) is 10.2 Å². The average molecular weight is 346 g/mol. The highest BCUT2D eigenvalue weighted by Crippen LogP contribution is 2.32. The molecule has 0 unspecified atom stereocenters. The van der Waals surface area contributed by atoms with E-state index in [1.54, 1.807) is 0 Å². The van der Waals surface area contributed by atoms with Gasteiger partial charge >= 0.3 is 0 Å². The van der Waals surface area contributed by atoms with Gasteiger partial charge in [-0.25, -0.2) is 0 Å². The van der Waals surface area contributed by atoms with Crippen LogP contribution in [-0.2, 0) is 10.3 Å². The Balaban J connectivity index is 2.10. The minimum Gasteiger partial charge on any atom is -0.322 e. The van der Waals surface area contributed by atoms with Crippen LogP contribution >= 0.6 is 0 Å². The van der Waals surface area contributed by atoms with Gasteiger partial charge in [0.1, 0.15) is 5.69 Å². The van der Waals surface area contributed by atoms with Gasteiger partial charge in [-0.05, 0) is 31.0 Å². The summed E-state index contributed by atoms with van der Waals surface area (Å²) >= 11 is 0. The van der Waals surface area contributed by atoms with Crippen molar-refractivity contribution < 1.29 is 4.79 Å². The minimum absolute atomic E-state index is 0.180. The lowest BCUT2D eigenvalue weighted by atomic mass is 9.93. The van der Waals surface area contributed by atoms with Crippen molar-refractivity contribution in [3.05, 3.63) is 66.2 Å². The number of anilines is 1. The highest BCUT2D eigenvalue weighted by atomic mass is 16.1. The van der Waals surface area contributed by atoms with Gasteiger partial charge in [0.2, 0.25) is 5.91 Å². The molecule has 1 aromatic heterocycles. The Bertz CT molecular complexity index is 913. The number of hydrogen-bond donors (Lipinski definition) is 2. The van der Waals surface area contributed by atoms with E-state index in [-0.39, 0.29) is 5.91 Å². The Hall–Kier alpha value is -3.05. The van der Waals surface area contributed by atoms with Crippen LogP contribution in [0.3, 0.4) is 0 Å². The topological polar surface area (TPSA) is 80.9 Å². The molecule has 0 saturated carbocycles. The van der Waals surface area contributed by atoms with E-state index < -0.39 is 5.54 Å². The van der Waals surface area contributed by atoms with E-state index in [1.807, 2.05) is 74.5 Å². The lowest BCUT2D eigenvalue weighted by Gasteiger charge is -2.19. The molecule has 0 fully saturated rings. The Morgan fingerprint density at radius 2 is 1.62 bits per heavy atom. The molecule has 0 saturated heterocycles. The summed E-state index contributed by atoms with van der Waals surface area (Å²) in [5.41, 5.74) is 10.4. The van der Waals surface area contributed by atoms with Gasteiger partial charge in [-0.2, -0.15) is 0 Å². The number of nitrogens with one attached hydrogen (secondary N) is 1. The number of carbonyl (C=O) groups excluding carboxylic acids is 1. The van der Waals surface area contributed by atoms with Crippen LogP contribution in [0.25, 0.3) is 22.4 Å². The smallest absolute Gasteiger partial charge is 0.222 e. The Kier molecular flexibility index (Phi) is 4.82. The van der Waals surface area contributed by atoms with E-state index in [4.69, 9.17) is 5.73 Å². The van der Waals surface area contributed by atoms with E-state index >= 15 is 0 Å². The van der Waals surface area contributed by atoms with E-state index in [0.29, 0.717) is 5.82 Å². The van der Waals surface area contributed by atoms with Crippen molar-refractivity contribution in [2.45, 2.75) is 26.3 Å². The number of aromatic nitrogens is 2. The quantitative estimate of drug-likeness (QED) is 0.749. The first-order valence-electron chi connectivity index (χ1n) is 8.45. The lowest BCUT2D eigenvalue weighted by molar-refractivity contribution is -0.114. The van der Waals surface area contributed by atoms with Crippen molar-refractivity contribution in [2.75, 3.05) is 5.32 Å². The van der Waals surface area contributed by atoms with E-state index in [0.717, 1.165) is 27.9 Å². The second-order valence-electron chi connectivity index (χ2n) is 6.84. The van der Waals surface area contributed by atoms with Crippen LogP contribution in [0.2, 0.25) is 0 Å². The predicted octanol–water partition coefficient (Wildman–Crippen LogP) is 3.96. The van der Waals surface area contributed by atoms with E-state index in [2.05, 4.69) is 15.5 Å². The van der Waals surface area contributed by atoms with Crippen LogP contribution in [0.1, 0.15) is 26.3 Å². The number of nitrogens with zero attached hydrogens (tertiary/aromatic N) is 2. The fraction of sp³-hybridized carbons (Fsp3) is 0.190. The van der Waals surface area contributed by atoms with Gasteiger partial charge in [0.05, 0.1) is 0 Å². The zero-order chi connectivity index (χ0) is 18.7. The van der Waals surface area contributed by atoms with Gasteiger partial charge in [-0.3, -0.25) is 4.79 Å². The van der Waals surface area contributed by atoms with Gasteiger partial charge < -0.3 is 11.1 Å². The molecule has 0 atom stereocenters. The molecule has 0 spiro atoms. The molecule has 0 aliphatic rings. The van der Waals surface area contributed by atoms with Gasteiger partial charge in [0, 0.05) is 23.6 Å². The van der Waals surface area contributed by atoms with Crippen molar-refractivity contribution in [3.63, 3.8) is 0 Å². The third-order valence-corrected chi connectivity index (χ3v) is 4.09. The summed E-state index contributed by atoms with van der Waals surface area (Å²) in [6, 6.07) is 19.8. The monoisotopic (exact) mass is 346 g/mol. The molecule has 2 aromatic carbocycles. The average Bonchev–Trinajstić information content (AvgIpc) is 2.61. The highest BCUT2D eigenvalue weighted by Gasteiger charge is 2.16. The molecule has 1 heterocycles. The van der Waals surface area contributed by atoms with Crippen LogP contribution in [0.4, 0.5) is 5.82 Å². The summed E-state index contributed by atoms with van der Waals surface area (Å²) in [4.78, 5) is 11.4. The first-order chi connectivity index (χ1) is 12.3. The summed E-state index contributed by atoms with van der Waals surface area (Å²) in [5, 5.41) is 11.2. The normalized spacial score (nSPS) is 11.2. The summed E-state index contributed by atoms with van der Waals surface area (Å²) in [7, 11) is 0. The van der Waals surface area contributed by atoms with Crippen LogP contribution in [-0.4, -0.2) is 16.1 Å². The number of carbonyl (C=O) groups is 1. The fourth-order valence-corrected chi connectivity index (χ4v) is 2.74. The third-order valence-electron chi connectivity index (χ3n) is 4.09. The maximum atomic E-state index is 11.4. The van der Waals surface area contributed by atoms with Crippen molar-refractivity contribution in [1.82, 2.24) is 10.2 Å². The van der Waals surface area contributed by atoms with E-state index in [9.17, 15) is 4.79 Å². The van der Waals surface area contributed by atoms with E-state index in [1.165, 1.54) is 6.92 Å². The van der Waals surface area contributed by atoms with Gasteiger partial charge in [0.15, 0.2) is 5.82 Å². The SMILES string of the molecule is CC(=O)Nc1cc(-c2ccccc2)c(-c2ccc(C(C)(C)N)cc2)nn1. The minimum atomic E-state index is -0.401. The molecule has 0 radical (unpaired) electrons. The highest BCUT2D eigenvalue weighted by molar-refractivity contribution is 5.89. The first-order valence-corrected chi connectivity index (χ1v) is 8.45. The molecule has 132 valence electrons. The standard InChI is InChI=1S/C21H22N4O/c1-14(26)23-19-13-18(15-7-5-4-6-8-15)20(25-24-19)16-9-11-17(12-10-16)21(2,3)22/h4-13H,22H2,1-3H3,(H,23,24,26). The summed E-state index contributed by atoms with van der Waals surface area (Å²) in [6.07, 6.45) is 0. The molecule has 5 heteroatoms. The third kappa shape index (κ3) is 3.95. The molecule has 0 bridgehead atoms. The molecule has 0 aliphatic carbocycles. The summed E-state index contributed by atoms with van der Waals surface area (Å²) in [6.45, 7) is 5.39. The molecular formula is C21H22N4O. The van der Waals surface area contributed by atoms with Gasteiger partial charge in [-0.1, -0.05) is 54.6 Å². The maximum absolute atomic E-state index is 11.4. The van der Waals surface area contributed by atoms with Crippen LogP contribution in [0.15, 0.2) is 60.7 Å². The lowest BCUT2D eigenvalue weighted by Crippen LogP contribution is -2.28. The maximum Gasteiger partial charge on any atom is 0.222 e. The molecule has 0 aliphatic heterocycles. The van der Waals surface area contributed by atoms with Gasteiger partial charge in [0.25, 0.3) is 0 Å². The largest absolute Gasteiger partial charge is 0.322 e.